The summed E-state index contributed by atoms with van der Waals surface area (Å²) in [6.07, 6.45) is 3.71. The fourth-order valence-electron chi connectivity index (χ4n) is 3.55. The van der Waals surface area contributed by atoms with Crippen molar-refractivity contribution in [3.05, 3.63) is 40.9 Å². The van der Waals surface area contributed by atoms with Crippen LogP contribution < -0.4 is 0 Å². The van der Waals surface area contributed by atoms with Crippen LogP contribution in [0.4, 0.5) is 0 Å². The lowest BCUT2D eigenvalue weighted by molar-refractivity contribution is -0.131. The maximum Gasteiger partial charge on any atom is 0.246 e. The number of rotatable bonds is 3. The number of β-amino-alcohol motifs (C(OH)–C–C–N with tert-alkyl or cyclic N) is 1. The number of likely N-dealkylation sites (tertiary alicyclic amines) is 1. The number of halogens is 1. The maximum absolute atomic E-state index is 12.4. The summed E-state index contributed by atoms with van der Waals surface area (Å²) in [7, 11) is 2.13. The van der Waals surface area contributed by atoms with Gasteiger partial charge >= 0.3 is 0 Å². The van der Waals surface area contributed by atoms with Gasteiger partial charge in [0.25, 0.3) is 0 Å². The second-order valence-electron chi connectivity index (χ2n) is 6.93. The van der Waals surface area contributed by atoms with Gasteiger partial charge in [0.05, 0.1) is 6.10 Å². The van der Waals surface area contributed by atoms with E-state index >= 15 is 0 Å². The van der Waals surface area contributed by atoms with Crippen LogP contribution in [0.15, 0.2) is 30.3 Å². The highest BCUT2D eigenvalue weighted by Crippen LogP contribution is 2.19. The standard InChI is InChI=1S/C19H26ClN3O2/c1-21-10-12-22(13-11-21)17-8-9-23(14-18(17)24)19(25)7-4-15-2-5-16(20)6-3-15/h2-7,17-18,24H,8-14H2,1H3/t17-,18-/m1/s1. The van der Waals surface area contributed by atoms with Crippen molar-refractivity contribution < 1.29 is 9.90 Å². The molecule has 2 heterocycles. The van der Waals surface area contributed by atoms with Crippen molar-refractivity contribution >= 4 is 23.6 Å². The minimum atomic E-state index is -0.481. The molecule has 1 amide bonds. The summed E-state index contributed by atoms with van der Waals surface area (Å²) in [4.78, 5) is 18.8. The summed E-state index contributed by atoms with van der Waals surface area (Å²) in [5.41, 5.74) is 0.936. The monoisotopic (exact) mass is 363 g/mol. The lowest BCUT2D eigenvalue weighted by Gasteiger charge is -2.44. The number of amides is 1. The Balaban J connectivity index is 1.53. The SMILES string of the molecule is CN1CCN([C@@H]2CCN(C(=O)C=Cc3ccc(Cl)cc3)C[C@H]2O)CC1. The average molecular weight is 364 g/mol. The molecule has 6 heteroatoms. The van der Waals surface area contributed by atoms with Gasteiger partial charge in [-0.05, 0) is 37.2 Å². The van der Waals surface area contributed by atoms with Gasteiger partial charge in [-0.2, -0.15) is 0 Å². The summed E-state index contributed by atoms with van der Waals surface area (Å²) >= 11 is 5.86. The third-order valence-electron chi connectivity index (χ3n) is 5.15. The summed E-state index contributed by atoms with van der Waals surface area (Å²) in [6, 6.07) is 7.52. The molecule has 2 aliphatic rings. The van der Waals surface area contributed by atoms with Crippen LogP contribution in [0.3, 0.4) is 0 Å². The van der Waals surface area contributed by atoms with Crippen LogP contribution in [-0.4, -0.2) is 84.2 Å². The highest BCUT2D eigenvalue weighted by Gasteiger charge is 2.34. The molecule has 136 valence electrons. The van der Waals surface area contributed by atoms with E-state index in [2.05, 4.69) is 16.8 Å². The zero-order valence-corrected chi connectivity index (χ0v) is 15.4. The smallest absolute Gasteiger partial charge is 0.246 e. The highest BCUT2D eigenvalue weighted by atomic mass is 35.5. The Morgan fingerprint density at radius 2 is 1.84 bits per heavy atom. The molecule has 25 heavy (non-hydrogen) atoms. The van der Waals surface area contributed by atoms with Gasteiger partial charge in [-0.15, -0.1) is 0 Å². The lowest BCUT2D eigenvalue weighted by Crippen LogP contribution is -2.58. The highest BCUT2D eigenvalue weighted by molar-refractivity contribution is 6.30. The number of benzene rings is 1. The van der Waals surface area contributed by atoms with Crippen molar-refractivity contribution in [3.63, 3.8) is 0 Å². The maximum atomic E-state index is 12.4. The largest absolute Gasteiger partial charge is 0.390 e. The number of nitrogens with zero attached hydrogens (tertiary/aromatic N) is 3. The number of likely N-dealkylation sites (N-methyl/N-ethyl adjacent to an activating group) is 1. The number of carbonyl (C=O) groups excluding carboxylic acids is 1. The first-order valence-electron chi connectivity index (χ1n) is 8.86. The number of hydrogen-bond acceptors (Lipinski definition) is 4. The van der Waals surface area contributed by atoms with Crippen molar-refractivity contribution in [1.82, 2.24) is 14.7 Å². The van der Waals surface area contributed by atoms with Crippen molar-refractivity contribution in [2.75, 3.05) is 46.3 Å². The molecule has 1 aromatic carbocycles. The third-order valence-corrected chi connectivity index (χ3v) is 5.41. The van der Waals surface area contributed by atoms with Gasteiger partial charge in [-0.25, -0.2) is 0 Å². The second-order valence-corrected chi connectivity index (χ2v) is 7.37. The first-order chi connectivity index (χ1) is 12.0. The molecule has 0 spiro atoms. The number of aliphatic hydroxyl groups excluding tert-OH is 1. The summed E-state index contributed by atoms with van der Waals surface area (Å²) in [6.45, 7) is 5.15. The fraction of sp³-hybridized carbons (Fsp3) is 0.526. The molecule has 0 aliphatic carbocycles. The first-order valence-corrected chi connectivity index (χ1v) is 9.24. The van der Waals surface area contributed by atoms with Crippen LogP contribution in [0.1, 0.15) is 12.0 Å². The van der Waals surface area contributed by atoms with Crippen LogP contribution in [-0.2, 0) is 4.79 Å². The Kier molecular flexibility index (Phi) is 6.12. The molecule has 0 aromatic heterocycles. The first kappa shape index (κ1) is 18.4. The zero-order chi connectivity index (χ0) is 17.8. The quantitative estimate of drug-likeness (QED) is 0.828. The summed E-state index contributed by atoms with van der Waals surface area (Å²) in [5.74, 6) is -0.0502. The van der Waals surface area contributed by atoms with Gasteiger partial charge in [0.1, 0.15) is 0 Å². The van der Waals surface area contributed by atoms with Gasteiger partial charge in [0.2, 0.25) is 5.91 Å². The average Bonchev–Trinajstić information content (AvgIpc) is 2.62. The normalized spacial score (nSPS) is 26.3. The zero-order valence-electron chi connectivity index (χ0n) is 14.6. The molecule has 1 N–H and O–H groups in total. The molecule has 0 radical (unpaired) electrons. The summed E-state index contributed by atoms with van der Waals surface area (Å²) < 4.78 is 0. The molecule has 2 saturated heterocycles. The van der Waals surface area contributed by atoms with Crippen molar-refractivity contribution in [1.29, 1.82) is 0 Å². The van der Waals surface area contributed by atoms with Gasteiger partial charge in [0.15, 0.2) is 0 Å². The Labute approximate surface area is 154 Å². The molecule has 0 bridgehead atoms. The van der Waals surface area contributed by atoms with Gasteiger partial charge in [-0.3, -0.25) is 9.69 Å². The molecule has 1 aromatic rings. The molecule has 0 saturated carbocycles. The molecule has 0 unspecified atom stereocenters. The number of carbonyl (C=O) groups is 1. The van der Waals surface area contributed by atoms with Crippen LogP contribution in [0, 0.1) is 0 Å². The molecule has 3 rings (SSSR count). The van der Waals surface area contributed by atoms with Crippen LogP contribution in [0.25, 0.3) is 6.08 Å². The predicted molar refractivity (Wildman–Crippen MR) is 101 cm³/mol. The van der Waals surface area contributed by atoms with Crippen LogP contribution in [0.2, 0.25) is 5.02 Å². The van der Waals surface area contributed by atoms with E-state index in [-0.39, 0.29) is 11.9 Å². The number of hydrogen-bond donors (Lipinski definition) is 1. The Morgan fingerprint density at radius 1 is 1.16 bits per heavy atom. The topological polar surface area (TPSA) is 47.0 Å². The second kappa shape index (κ2) is 8.32. The Morgan fingerprint density at radius 3 is 2.48 bits per heavy atom. The molecule has 2 atom stereocenters. The van der Waals surface area contributed by atoms with E-state index in [1.54, 1.807) is 29.2 Å². The van der Waals surface area contributed by atoms with Crippen LogP contribution in [0.5, 0.6) is 0 Å². The van der Waals surface area contributed by atoms with E-state index in [4.69, 9.17) is 11.6 Å². The molecule has 5 nitrogen and oxygen atoms in total. The number of piperazine rings is 1. The summed E-state index contributed by atoms with van der Waals surface area (Å²) in [5, 5.41) is 11.2. The Hall–Kier alpha value is -1.40. The minimum absolute atomic E-state index is 0.0502. The van der Waals surface area contributed by atoms with Gasteiger partial charge in [0, 0.05) is 56.4 Å². The fourth-order valence-corrected chi connectivity index (χ4v) is 3.67. The van der Waals surface area contributed by atoms with Crippen LogP contribution >= 0.6 is 11.6 Å². The van der Waals surface area contributed by atoms with E-state index in [0.29, 0.717) is 18.1 Å². The third kappa shape index (κ3) is 4.82. The number of piperidine rings is 1. The van der Waals surface area contributed by atoms with E-state index in [0.717, 1.165) is 38.2 Å². The number of aliphatic hydroxyl groups is 1. The van der Waals surface area contributed by atoms with Gasteiger partial charge in [-0.1, -0.05) is 23.7 Å². The predicted octanol–water partition coefficient (Wildman–Crippen LogP) is 1.56. The lowest BCUT2D eigenvalue weighted by atomic mass is 9.99. The molecule has 2 fully saturated rings. The van der Waals surface area contributed by atoms with E-state index in [9.17, 15) is 9.90 Å². The van der Waals surface area contributed by atoms with Crippen molar-refractivity contribution in [2.24, 2.45) is 0 Å². The van der Waals surface area contributed by atoms with E-state index < -0.39 is 6.10 Å². The van der Waals surface area contributed by atoms with E-state index in [1.165, 1.54) is 0 Å². The van der Waals surface area contributed by atoms with Crippen molar-refractivity contribution in [2.45, 2.75) is 18.6 Å². The molecular formula is C19H26ClN3O2. The van der Waals surface area contributed by atoms with Crippen molar-refractivity contribution in [3.8, 4) is 0 Å². The van der Waals surface area contributed by atoms with Gasteiger partial charge < -0.3 is 14.9 Å². The minimum Gasteiger partial charge on any atom is -0.390 e. The van der Waals surface area contributed by atoms with E-state index in [1.807, 2.05) is 12.1 Å². The molecule has 2 aliphatic heterocycles. The Bertz CT molecular complexity index is 612. The molecular weight excluding hydrogens is 338 g/mol.